The highest BCUT2D eigenvalue weighted by atomic mass is 16.6. The highest BCUT2D eigenvalue weighted by Gasteiger charge is 2.34. The molecule has 1 aromatic carbocycles. The average molecular weight is 652 g/mol. The number of amides is 3. The van der Waals surface area contributed by atoms with Crippen LogP contribution >= 0.6 is 0 Å². The van der Waals surface area contributed by atoms with Crippen LogP contribution in [0.1, 0.15) is 87.1 Å². The molecule has 5 N–H and O–H groups in total. The molecule has 0 unspecified atom stereocenters. The molecular formula is C35H61N3O8. The summed E-state index contributed by atoms with van der Waals surface area (Å²) in [4.78, 5) is 38.0. The van der Waals surface area contributed by atoms with E-state index in [1.807, 2.05) is 32.0 Å². The minimum atomic E-state index is -1.05. The number of methoxy groups -OCH3 is 2. The van der Waals surface area contributed by atoms with E-state index in [9.17, 15) is 19.5 Å². The van der Waals surface area contributed by atoms with Crippen molar-refractivity contribution in [1.82, 2.24) is 10.6 Å². The Morgan fingerprint density at radius 3 is 2.11 bits per heavy atom. The molecule has 11 heteroatoms. The fourth-order valence-corrected chi connectivity index (χ4v) is 4.97. The first kappa shape index (κ1) is 41.0. The topological polar surface area (TPSA) is 158 Å². The quantitative estimate of drug-likeness (QED) is 0.146. The van der Waals surface area contributed by atoms with Gasteiger partial charge in [0.2, 0.25) is 11.8 Å². The Bertz CT molecular complexity index is 1100. The van der Waals surface area contributed by atoms with E-state index in [1.165, 1.54) is 0 Å². The van der Waals surface area contributed by atoms with Gasteiger partial charge in [-0.25, -0.2) is 4.79 Å². The van der Waals surface area contributed by atoms with Crippen LogP contribution in [0.15, 0.2) is 18.2 Å². The SMILES string of the molecule is COCCCOc1cc(C[C@H](C[C@H](NC(=O)OC(C)(C)C)[C@@H](O)C[C@H](C(=O)NCC(C)(C)C(N)=O)C(C)C)C(C)C)ccc1OC. The van der Waals surface area contributed by atoms with Crippen molar-refractivity contribution in [1.29, 1.82) is 0 Å². The summed E-state index contributed by atoms with van der Waals surface area (Å²) in [6.45, 7) is 17.9. The molecule has 46 heavy (non-hydrogen) atoms. The van der Waals surface area contributed by atoms with Gasteiger partial charge in [-0.05, 0) is 89.3 Å². The Labute approximate surface area is 276 Å². The van der Waals surface area contributed by atoms with Crippen molar-refractivity contribution < 1.29 is 38.4 Å². The van der Waals surface area contributed by atoms with Crippen LogP contribution in [0.2, 0.25) is 0 Å². The van der Waals surface area contributed by atoms with Crippen molar-refractivity contribution in [2.45, 2.75) is 106 Å². The number of aliphatic hydroxyl groups is 1. The number of alkyl carbamates (subject to hydrolysis) is 1. The number of rotatable bonds is 20. The first-order valence-electron chi connectivity index (χ1n) is 16.3. The van der Waals surface area contributed by atoms with E-state index in [4.69, 9.17) is 24.7 Å². The zero-order valence-corrected chi connectivity index (χ0v) is 30.0. The first-order chi connectivity index (χ1) is 21.3. The van der Waals surface area contributed by atoms with Gasteiger partial charge in [0.15, 0.2) is 11.5 Å². The smallest absolute Gasteiger partial charge is 0.407 e. The molecule has 1 aromatic rings. The van der Waals surface area contributed by atoms with Crippen molar-refractivity contribution in [3.63, 3.8) is 0 Å². The third-order valence-corrected chi connectivity index (χ3v) is 8.15. The Morgan fingerprint density at radius 1 is 0.935 bits per heavy atom. The normalized spacial score (nSPS) is 14.7. The van der Waals surface area contributed by atoms with Crippen molar-refractivity contribution in [3.05, 3.63) is 23.8 Å². The molecule has 0 saturated heterocycles. The van der Waals surface area contributed by atoms with Gasteiger partial charge in [0, 0.05) is 32.6 Å². The van der Waals surface area contributed by atoms with Gasteiger partial charge in [0.05, 0.1) is 31.3 Å². The summed E-state index contributed by atoms with van der Waals surface area (Å²) in [6.07, 6.45) is 0.261. The van der Waals surface area contributed by atoms with Crippen molar-refractivity contribution in [3.8, 4) is 11.5 Å². The van der Waals surface area contributed by atoms with E-state index in [1.54, 1.807) is 48.8 Å². The highest BCUT2D eigenvalue weighted by molar-refractivity contribution is 5.83. The van der Waals surface area contributed by atoms with Gasteiger partial charge in [-0.15, -0.1) is 0 Å². The fourth-order valence-electron chi connectivity index (χ4n) is 4.97. The standard InChI is InChI=1S/C35H61N3O8/c1-22(2)25(17-24-13-14-29(44-11)30(18-24)45-16-12-15-43-10)19-27(38-33(42)46-34(5,6)7)28(39)20-26(23(3)4)31(40)37-21-35(8,9)32(36)41/h13-14,18,22-23,25-28,39H,12,15-17,19-21H2,1-11H3,(H2,36,41)(H,37,40)(H,38,42)/t25-,26+,27+,28+/m1/s1. The van der Waals surface area contributed by atoms with E-state index < -0.39 is 41.1 Å². The van der Waals surface area contributed by atoms with E-state index in [-0.39, 0.29) is 36.6 Å². The second-order valence-electron chi connectivity index (χ2n) is 14.5. The molecule has 0 aromatic heterocycles. The molecule has 0 aliphatic rings. The van der Waals surface area contributed by atoms with E-state index >= 15 is 0 Å². The number of nitrogens with two attached hydrogens (primary N) is 1. The predicted octanol–water partition coefficient (Wildman–Crippen LogP) is 4.86. The summed E-state index contributed by atoms with van der Waals surface area (Å²) >= 11 is 0. The van der Waals surface area contributed by atoms with Crippen LogP contribution in [0, 0.1) is 29.1 Å². The molecule has 264 valence electrons. The minimum Gasteiger partial charge on any atom is -0.493 e. The van der Waals surface area contributed by atoms with Gasteiger partial charge in [-0.1, -0.05) is 33.8 Å². The zero-order valence-electron chi connectivity index (χ0n) is 30.0. The molecule has 0 saturated carbocycles. The van der Waals surface area contributed by atoms with Gasteiger partial charge in [-0.3, -0.25) is 9.59 Å². The second kappa shape index (κ2) is 18.9. The number of hydrogen-bond donors (Lipinski definition) is 4. The second-order valence-corrected chi connectivity index (χ2v) is 14.5. The largest absolute Gasteiger partial charge is 0.493 e. The van der Waals surface area contributed by atoms with Crippen LogP contribution < -0.4 is 25.8 Å². The molecule has 0 aliphatic carbocycles. The summed E-state index contributed by atoms with van der Waals surface area (Å²) in [5.74, 6) is 0.0461. The molecule has 4 atom stereocenters. The number of benzene rings is 1. The lowest BCUT2D eigenvalue weighted by atomic mass is 9.80. The number of nitrogens with one attached hydrogen (secondary N) is 2. The van der Waals surface area contributed by atoms with Gasteiger partial charge in [-0.2, -0.15) is 0 Å². The van der Waals surface area contributed by atoms with E-state index in [0.29, 0.717) is 37.6 Å². The van der Waals surface area contributed by atoms with Crippen LogP contribution in [-0.2, 0) is 25.5 Å². The number of hydrogen-bond acceptors (Lipinski definition) is 8. The molecule has 0 spiro atoms. The monoisotopic (exact) mass is 651 g/mol. The van der Waals surface area contributed by atoms with Crippen LogP contribution in [0.25, 0.3) is 0 Å². The van der Waals surface area contributed by atoms with Crippen LogP contribution in [-0.4, -0.2) is 74.7 Å². The lowest BCUT2D eigenvalue weighted by Gasteiger charge is -2.33. The summed E-state index contributed by atoms with van der Waals surface area (Å²) in [5, 5.41) is 17.4. The van der Waals surface area contributed by atoms with Crippen molar-refractivity contribution >= 4 is 17.9 Å². The van der Waals surface area contributed by atoms with Crippen molar-refractivity contribution in [2.24, 2.45) is 34.8 Å². The maximum absolute atomic E-state index is 13.3. The number of aliphatic hydroxyl groups excluding tert-OH is 1. The van der Waals surface area contributed by atoms with Crippen LogP contribution in [0.5, 0.6) is 11.5 Å². The van der Waals surface area contributed by atoms with E-state index in [2.05, 4.69) is 24.5 Å². The molecule has 0 bridgehead atoms. The van der Waals surface area contributed by atoms with Gasteiger partial charge in [0.25, 0.3) is 0 Å². The molecule has 0 heterocycles. The fraction of sp³-hybridized carbons (Fsp3) is 0.743. The third kappa shape index (κ3) is 14.6. The van der Waals surface area contributed by atoms with Gasteiger partial charge in [0.1, 0.15) is 5.60 Å². The number of ether oxygens (including phenoxy) is 4. The van der Waals surface area contributed by atoms with E-state index in [0.717, 1.165) is 12.0 Å². The van der Waals surface area contributed by atoms with Crippen LogP contribution in [0.3, 0.4) is 0 Å². The Balaban J connectivity index is 3.26. The van der Waals surface area contributed by atoms with Gasteiger partial charge < -0.3 is 40.4 Å². The highest BCUT2D eigenvalue weighted by Crippen LogP contribution is 2.32. The maximum Gasteiger partial charge on any atom is 0.407 e. The first-order valence-corrected chi connectivity index (χ1v) is 16.3. The minimum absolute atomic E-state index is 0.0482. The zero-order chi connectivity index (χ0) is 35.2. The Morgan fingerprint density at radius 2 is 1.59 bits per heavy atom. The van der Waals surface area contributed by atoms with Crippen LogP contribution in [0.4, 0.5) is 4.79 Å². The summed E-state index contributed by atoms with van der Waals surface area (Å²) in [7, 11) is 3.26. The summed E-state index contributed by atoms with van der Waals surface area (Å²) in [6, 6.07) is 5.16. The average Bonchev–Trinajstić information content (AvgIpc) is 2.94. The molecule has 3 amide bonds. The van der Waals surface area contributed by atoms with Gasteiger partial charge >= 0.3 is 6.09 Å². The van der Waals surface area contributed by atoms with Crippen molar-refractivity contribution in [2.75, 3.05) is 34.0 Å². The molecule has 0 fully saturated rings. The number of primary amides is 1. The Hall–Kier alpha value is -3.05. The lowest BCUT2D eigenvalue weighted by Crippen LogP contribution is -2.49. The summed E-state index contributed by atoms with van der Waals surface area (Å²) < 4.78 is 22.2. The summed E-state index contributed by atoms with van der Waals surface area (Å²) in [5.41, 5.74) is 4.87. The molecule has 0 radical (unpaired) electrons. The molecule has 1 rings (SSSR count). The third-order valence-electron chi connectivity index (χ3n) is 8.15. The molecule has 0 aliphatic heterocycles. The lowest BCUT2D eigenvalue weighted by molar-refractivity contribution is -0.130. The molecule has 11 nitrogen and oxygen atoms in total. The Kier molecular flexibility index (Phi) is 16.9. The number of carbonyl (C=O) groups is 3. The maximum atomic E-state index is 13.3. The number of carbonyl (C=O) groups excluding carboxylic acids is 3. The predicted molar refractivity (Wildman–Crippen MR) is 180 cm³/mol. The molecular weight excluding hydrogens is 590 g/mol.